The second-order valence-corrected chi connectivity index (χ2v) is 6.18. The molecule has 0 saturated carbocycles. The molecule has 1 rings (SSSR count). The Morgan fingerprint density at radius 3 is 2.62 bits per heavy atom. The van der Waals surface area contributed by atoms with Crippen LogP contribution < -0.4 is 10.1 Å². The van der Waals surface area contributed by atoms with Crippen LogP contribution in [0.25, 0.3) is 0 Å². The van der Waals surface area contributed by atoms with Crippen molar-refractivity contribution >= 4 is 0 Å². The van der Waals surface area contributed by atoms with E-state index in [-0.39, 0.29) is 0 Å². The van der Waals surface area contributed by atoms with Crippen LogP contribution in [0.2, 0.25) is 0 Å². The average molecular weight is 290 g/mol. The Morgan fingerprint density at radius 2 is 2.00 bits per heavy atom. The molecule has 0 heterocycles. The Hall–Kier alpha value is -1.32. The van der Waals surface area contributed by atoms with Crippen molar-refractivity contribution in [3.63, 3.8) is 0 Å². The third-order valence-electron chi connectivity index (χ3n) is 3.25. The Balaban J connectivity index is 2.63. The van der Waals surface area contributed by atoms with Crippen LogP contribution in [0.4, 0.5) is 0 Å². The molecule has 0 saturated heterocycles. The maximum absolute atomic E-state index is 5.71. The van der Waals surface area contributed by atoms with Crippen LogP contribution >= 0.6 is 0 Å². The quantitative estimate of drug-likeness (QED) is 0.669. The number of hydrogen-bond acceptors (Lipinski definition) is 3. The zero-order valence-electron chi connectivity index (χ0n) is 13.9. The van der Waals surface area contributed by atoms with Crippen molar-refractivity contribution in [2.45, 2.75) is 32.9 Å². The van der Waals surface area contributed by atoms with Crippen molar-refractivity contribution < 1.29 is 4.74 Å². The monoisotopic (exact) mass is 290 g/mol. The van der Waals surface area contributed by atoms with Gasteiger partial charge >= 0.3 is 0 Å². The summed E-state index contributed by atoms with van der Waals surface area (Å²) in [5.74, 6) is 1.63. The van der Waals surface area contributed by atoms with Gasteiger partial charge in [0.1, 0.15) is 12.4 Å². The first-order chi connectivity index (χ1) is 10.0. The summed E-state index contributed by atoms with van der Waals surface area (Å²) >= 11 is 0. The molecule has 0 aromatic heterocycles. The van der Waals surface area contributed by atoms with Crippen molar-refractivity contribution in [2.24, 2.45) is 5.92 Å². The molecule has 1 aromatic rings. The molecule has 0 aliphatic rings. The van der Waals surface area contributed by atoms with E-state index in [0.29, 0.717) is 18.6 Å². The Kier molecular flexibility index (Phi) is 8.09. The number of para-hydroxylation sites is 1. The lowest BCUT2D eigenvalue weighted by atomic mass is 10.0. The molecular formula is C18H30N2O. The highest BCUT2D eigenvalue weighted by molar-refractivity contribution is 5.33. The van der Waals surface area contributed by atoms with Crippen molar-refractivity contribution in [2.75, 3.05) is 27.2 Å². The minimum Gasteiger partial charge on any atom is -0.489 e. The van der Waals surface area contributed by atoms with Crippen molar-refractivity contribution in [1.29, 1.82) is 0 Å². The highest BCUT2D eigenvalue weighted by Gasteiger charge is 2.12. The number of nitrogens with zero attached hydrogens (tertiary/aromatic N) is 1. The van der Waals surface area contributed by atoms with Crippen molar-refractivity contribution in [3.8, 4) is 5.75 Å². The first-order valence-electron chi connectivity index (χ1n) is 7.72. The summed E-state index contributed by atoms with van der Waals surface area (Å²) in [5, 5.41) is 3.67. The second kappa shape index (κ2) is 9.59. The predicted octanol–water partition coefficient (Wildman–Crippen LogP) is 3.32. The van der Waals surface area contributed by atoms with Gasteiger partial charge in [-0.25, -0.2) is 0 Å². The van der Waals surface area contributed by atoms with Crippen molar-refractivity contribution in [1.82, 2.24) is 10.2 Å². The first-order valence-corrected chi connectivity index (χ1v) is 7.72. The van der Waals surface area contributed by atoms with E-state index in [9.17, 15) is 0 Å². The Bertz CT molecular complexity index is 405. The van der Waals surface area contributed by atoms with E-state index in [2.05, 4.69) is 56.9 Å². The highest BCUT2D eigenvalue weighted by Crippen LogP contribution is 2.18. The van der Waals surface area contributed by atoms with E-state index >= 15 is 0 Å². The number of benzene rings is 1. The molecule has 0 fully saturated rings. The van der Waals surface area contributed by atoms with Crippen LogP contribution in [-0.4, -0.2) is 38.2 Å². The minimum atomic E-state index is 0.493. The molecule has 1 atom stereocenters. The molecule has 0 spiro atoms. The summed E-state index contributed by atoms with van der Waals surface area (Å²) in [5.41, 5.74) is 1.20. The van der Waals surface area contributed by atoms with Gasteiger partial charge in [0.15, 0.2) is 0 Å². The summed E-state index contributed by atoms with van der Waals surface area (Å²) in [4.78, 5) is 2.24. The summed E-state index contributed by atoms with van der Waals surface area (Å²) in [6, 6.07) is 8.69. The van der Waals surface area contributed by atoms with E-state index in [1.54, 1.807) is 6.08 Å². The van der Waals surface area contributed by atoms with Crippen LogP contribution in [0.3, 0.4) is 0 Å². The maximum Gasteiger partial charge on any atom is 0.124 e. The van der Waals surface area contributed by atoms with Gasteiger partial charge in [0.2, 0.25) is 0 Å². The van der Waals surface area contributed by atoms with Gasteiger partial charge < -0.3 is 15.0 Å². The number of rotatable bonds is 10. The summed E-state index contributed by atoms with van der Waals surface area (Å²) in [6.07, 6.45) is 2.95. The first kappa shape index (κ1) is 17.7. The molecule has 0 radical (unpaired) electrons. The van der Waals surface area contributed by atoms with Gasteiger partial charge in [-0.1, -0.05) is 44.7 Å². The molecule has 0 aliphatic heterocycles. The Morgan fingerprint density at radius 1 is 1.29 bits per heavy atom. The molecule has 1 unspecified atom stereocenters. The molecule has 0 aliphatic carbocycles. The van der Waals surface area contributed by atoms with Crippen LogP contribution in [0.15, 0.2) is 36.9 Å². The van der Waals surface area contributed by atoms with E-state index in [0.717, 1.165) is 18.8 Å². The fourth-order valence-electron chi connectivity index (χ4n) is 2.43. The van der Waals surface area contributed by atoms with Crippen LogP contribution in [0.1, 0.15) is 25.8 Å². The molecule has 3 nitrogen and oxygen atoms in total. The fraction of sp³-hybridized carbons (Fsp3) is 0.556. The predicted molar refractivity (Wildman–Crippen MR) is 90.8 cm³/mol. The lowest BCUT2D eigenvalue weighted by molar-refractivity contribution is 0.302. The number of ether oxygens (including phenoxy) is 1. The van der Waals surface area contributed by atoms with Crippen molar-refractivity contribution in [3.05, 3.63) is 42.5 Å². The number of hydrogen-bond donors (Lipinski definition) is 1. The summed E-state index contributed by atoms with van der Waals surface area (Å²) < 4.78 is 5.71. The van der Waals surface area contributed by atoms with Crippen LogP contribution in [0.5, 0.6) is 5.75 Å². The average Bonchev–Trinajstić information content (AvgIpc) is 2.42. The summed E-state index contributed by atoms with van der Waals surface area (Å²) in [6.45, 7) is 10.7. The zero-order chi connectivity index (χ0) is 15.7. The fourth-order valence-corrected chi connectivity index (χ4v) is 2.43. The lowest BCUT2D eigenvalue weighted by Gasteiger charge is -2.24. The lowest BCUT2D eigenvalue weighted by Crippen LogP contribution is -2.38. The van der Waals surface area contributed by atoms with Gasteiger partial charge in [-0.2, -0.15) is 0 Å². The van der Waals surface area contributed by atoms with Gasteiger partial charge in [-0.15, -0.1) is 0 Å². The molecule has 0 amide bonds. The van der Waals surface area contributed by atoms with Gasteiger partial charge in [-0.3, -0.25) is 0 Å². The molecule has 1 aromatic carbocycles. The van der Waals surface area contributed by atoms with Gasteiger partial charge in [0.25, 0.3) is 0 Å². The van der Waals surface area contributed by atoms with Crippen LogP contribution in [0, 0.1) is 5.92 Å². The normalized spacial score (nSPS) is 12.7. The highest BCUT2D eigenvalue weighted by atomic mass is 16.5. The summed E-state index contributed by atoms with van der Waals surface area (Å²) in [7, 11) is 4.24. The largest absolute Gasteiger partial charge is 0.489 e. The molecular weight excluding hydrogens is 260 g/mol. The van der Waals surface area contributed by atoms with Gasteiger partial charge in [0, 0.05) is 24.7 Å². The van der Waals surface area contributed by atoms with Gasteiger partial charge in [-0.05, 0) is 32.5 Å². The molecule has 0 bridgehead atoms. The topological polar surface area (TPSA) is 24.5 Å². The second-order valence-electron chi connectivity index (χ2n) is 6.18. The maximum atomic E-state index is 5.71. The smallest absolute Gasteiger partial charge is 0.124 e. The standard InChI is InChI=1S/C18H30N2O/c1-6-11-21-18-10-8-7-9-16(18)13-19-17(12-15(2)3)14-20(4)5/h6-10,15,17,19H,1,11-14H2,2-5H3. The molecule has 21 heavy (non-hydrogen) atoms. The number of nitrogens with one attached hydrogen (secondary N) is 1. The van der Waals surface area contributed by atoms with E-state index in [4.69, 9.17) is 4.74 Å². The molecule has 118 valence electrons. The zero-order valence-corrected chi connectivity index (χ0v) is 13.9. The molecule has 3 heteroatoms. The van der Waals surface area contributed by atoms with Gasteiger partial charge in [0.05, 0.1) is 0 Å². The van der Waals surface area contributed by atoms with E-state index in [1.807, 2.05) is 12.1 Å². The van der Waals surface area contributed by atoms with Crippen LogP contribution in [-0.2, 0) is 6.54 Å². The Labute approximate surface area is 130 Å². The third-order valence-corrected chi connectivity index (χ3v) is 3.25. The van der Waals surface area contributed by atoms with E-state index in [1.165, 1.54) is 12.0 Å². The SMILES string of the molecule is C=CCOc1ccccc1CNC(CC(C)C)CN(C)C. The third kappa shape index (κ3) is 7.30. The van der Waals surface area contributed by atoms with E-state index < -0.39 is 0 Å². The number of likely N-dealkylation sites (N-methyl/N-ethyl adjacent to an activating group) is 1. The minimum absolute atomic E-state index is 0.493. The molecule has 1 N–H and O–H groups in total.